The van der Waals surface area contributed by atoms with E-state index in [9.17, 15) is 4.79 Å². The van der Waals surface area contributed by atoms with Crippen molar-refractivity contribution in [2.45, 2.75) is 33.3 Å². The molecule has 86 valence electrons. The zero-order valence-corrected chi connectivity index (χ0v) is 10.1. The van der Waals surface area contributed by atoms with Crippen LogP contribution in [0, 0.1) is 11.3 Å². The van der Waals surface area contributed by atoms with Gasteiger partial charge in [0.15, 0.2) is 0 Å². The summed E-state index contributed by atoms with van der Waals surface area (Å²) < 4.78 is 5.46. The second-order valence-corrected chi connectivity index (χ2v) is 5.24. The zero-order chi connectivity index (χ0) is 11.8. The van der Waals surface area contributed by atoms with Gasteiger partial charge in [-0.25, -0.2) is 0 Å². The van der Waals surface area contributed by atoms with E-state index in [2.05, 4.69) is 13.8 Å². The number of hydrogen-bond acceptors (Lipinski definition) is 2. The van der Waals surface area contributed by atoms with Gasteiger partial charge in [0.25, 0.3) is 0 Å². The van der Waals surface area contributed by atoms with E-state index in [1.54, 1.807) is 0 Å². The fourth-order valence-electron chi connectivity index (χ4n) is 1.92. The van der Waals surface area contributed by atoms with Crippen molar-refractivity contribution in [3.05, 3.63) is 35.9 Å². The maximum atomic E-state index is 11.8. The van der Waals surface area contributed by atoms with Crippen molar-refractivity contribution < 1.29 is 9.53 Å². The molecular formula is C14H18O2. The first kappa shape index (κ1) is 11.2. The Morgan fingerprint density at radius 3 is 2.44 bits per heavy atom. The normalized spacial score (nSPS) is 23.6. The Labute approximate surface area is 96.6 Å². The van der Waals surface area contributed by atoms with E-state index in [0.29, 0.717) is 0 Å². The van der Waals surface area contributed by atoms with Gasteiger partial charge >= 0.3 is 5.97 Å². The summed E-state index contributed by atoms with van der Waals surface area (Å²) in [6.07, 6.45) is 0.804. The molecule has 1 saturated carbocycles. The lowest BCUT2D eigenvalue weighted by Gasteiger charge is -2.14. The Kier molecular flexibility index (Phi) is 2.75. The first-order chi connectivity index (χ1) is 7.50. The Morgan fingerprint density at radius 2 is 1.94 bits per heavy atom. The van der Waals surface area contributed by atoms with Crippen LogP contribution < -0.4 is 0 Å². The van der Waals surface area contributed by atoms with E-state index in [4.69, 9.17) is 4.74 Å². The summed E-state index contributed by atoms with van der Waals surface area (Å²) in [5.41, 5.74) is 1.20. The lowest BCUT2D eigenvalue weighted by atomic mass is 10.1. The maximum absolute atomic E-state index is 11.8. The van der Waals surface area contributed by atoms with E-state index in [-0.39, 0.29) is 23.4 Å². The molecule has 16 heavy (non-hydrogen) atoms. The van der Waals surface area contributed by atoms with Crippen LogP contribution >= 0.6 is 0 Å². The van der Waals surface area contributed by atoms with E-state index >= 15 is 0 Å². The molecule has 0 spiro atoms. The van der Waals surface area contributed by atoms with E-state index < -0.39 is 0 Å². The highest BCUT2D eigenvalue weighted by Crippen LogP contribution is 2.52. The number of rotatable bonds is 3. The van der Waals surface area contributed by atoms with Crippen molar-refractivity contribution in [2.24, 2.45) is 11.3 Å². The van der Waals surface area contributed by atoms with Crippen LogP contribution in [0.2, 0.25) is 0 Å². The maximum Gasteiger partial charge on any atom is 0.310 e. The Bertz CT molecular complexity index is 381. The van der Waals surface area contributed by atoms with Crippen LogP contribution in [-0.4, -0.2) is 5.97 Å². The molecule has 0 radical (unpaired) electrons. The summed E-state index contributed by atoms with van der Waals surface area (Å²) in [5.74, 6) is 0.0417. The topological polar surface area (TPSA) is 26.3 Å². The van der Waals surface area contributed by atoms with Gasteiger partial charge in [-0.3, -0.25) is 4.79 Å². The van der Waals surface area contributed by atoms with Gasteiger partial charge in [0.05, 0.1) is 5.92 Å². The number of hydrogen-bond donors (Lipinski definition) is 0. The minimum atomic E-state index is -0.148. The van der Waals surface area contributed by atoms with Crippen LogP contribution in [0.25, 0.3) is 0 Å². The molecule has 0 N–H and O–H groups in total. The molecule has 0 bridgehead atoms. The average molecular weight is 218 g/mol. The zero-order valence-electron chi connectivity index (χ0n) is 10.1. The predicted octanol–water partition coefficient (Wildman–Crippen LogP) is 3.34. The summed E-state index contributed by atoms with van der Waals surface area (Å²) >= 11 is 0. The third-order valence-corrected chi connectivity index (χ3v) is 3.36. The minimum absolute atomic E-state index is 0.0543. The lowest BCUT2D eigenvalue weighted by Crippen LogP contribution is -2.13. The summed E-state index contributed by atoms with van der Waals surface area (Å²) in [5, 5.41) is 0. The van der Waals surface area contributed by atoms with Gasteiger partial charge in [0, 0.05) is 0 Å². The van der Waals surface area contributed by atoms with Crippen LogP contribution in [0.15, 0.2) is 30.3 Å². The Morgan fingerprint density at radius 1 is 1.38 bits per heavy atom. The first-order valence-corrected chi connectivity index (χ1v) is 5.76. The molecule has 2 atom stereocenters. The number of esters is 1. The summed E-state index contributed by atoms with van der Waals surface area (Å²) in [7, 11) is 0. The molecule has 0 aromatic heterocycles. The van der Waals surface area contributed by atoms with Crippen molar-refractivity contribution in [3.63, 3.8) is 0 Å². The second kappa shape index (κ2) is 3.93. The summed E-state index contributed by atoms with van der Waals surface area (Å²) in [4.78, 5) is 11.8. The molecule has 1 fully saturated rings. The van der Waals surface area contributed by atoms with E-state index in [1.807, 2.05) is 37.3 Å². The Balaban J connectivity index is 1.94. The van der Waals surface area contributed by atoms with E-state index in [0.717, 1.165) is 12.0 Å². The minimum Gasteiger partial charge on any atom is -0.458 e. The second-order valence-electron chi connectivity index (χ2n) is 5.24. The molecule has 0 saturated heterocycles. The average Bonchev–Trinajstić information content (AvgIpc) is 2.89. The monoisotopic (exact) mass is 218 g/mol. The summed E-state index contributed by atoms with van der Waals surface area (Å²) in [6.45, 7) is 6.13. The highest BCUT2D eigenvalue weighted by Gasteiger charge is 2.52. The molecule has 1 aromatic carbocycles. The Hall–Kier alpha value is -1.31. The van der Waals surface area contributed by atoms with Gasteiger partial charge in [-0.15, -0.1) is 0 Å². The molecule has 0 unspecified atom stereocenters. The number of ether oxygens (including phenoxy) is 1. The van der Waals surface area contributed by atoms with Crippen LogP contribution in [0.5, 0.6) is 0 Å². The lowest BCUT2D eigenvalue weighted by molar-refractivity contribution is -0.151. The van der Waals surface area contributed by atoms with Crippen LogP contribution in [0.4, 0.5) is 0 Å². The standard InChI is InChI=1S/C14H18O2/c1-10(11-7-5-4-6-8-11)16-13(15)12-9-14(12,2)3/h4-8,10,12H,9H2,1-3H3/t10-,12+/m1/s1. The molecular weight excluding hydrogens is 200 g/mol. The van der Waals surface area contributed by atoms with Gasteiger partial charge in [0.2, 0.25) is 0 Å². The molecule has 2 nitrogen and oxygen atoms in total. The molecule has 1 aromatic rings. The highest BCUT2D eigenvalue weighted by molar-refractivity contribution is 5.76. The van der Waals surface area contributed by atoms with Crippen molar-refractivity contribution in [1.82, 2.24) is 0 Å². The third-order valence-electron chi connectivity index (χ3n) is 3.36. The SMILES string of the molecule is C[C@@H](OC(=O)[C@@H]1CC1(C)C)c1ccccc1. The third kappa shape index (κ3) is 2.26. The van der Waals surface area contributed by atoms with E-state index in [1.165, 1.54) is 0 Å². The van der Waals surface area contributed by atoms with Crippen LogP contribution in [0.1, 0.15) is 38.9 Å². The van der Waals surface area contributed by atoms with Crippen molar-refractivity contribution in [1.29, 1.82) is 0 Å². The van der Waals surface area contributed by atoms with Gasteiger partial charge in [-0.1, -0.05) is 44.2 Å². The molecule has 0 aliphatic heterocycles. The molecule has 1 aliphatic carbocycles. The highest BCUT2D eigenvalue weighted by atomic mass is 16.5. The smallest absolute Gasteiger partial charge is 0.310 e. The fourth-order valence-corrected chi connectivity index (χ4v) is 1.92. The predicted molar refractivity (Wildman–Crippen MR) is 62.8 cm³/mol. The largest absolute Gasteiger partial charge is 0.458 e. The summed E-state index contributed by atoms with van der Waals surface area (Å²) in [6, 6.07) is 9.84. The molecule has 2 rings (SSSR count). The van der Waals surface area contributed by atoms with Crippen molar-refractivity contribution in [2.75, 3.05) is 0 Å². The van der Waals surface area contributed by atoms with Crippen molar-refractivity contribution in [3.8, 4) is 0 Å². The molecule has 0 amide bonds. The van der Waals surface area contributed by atoms with Crippen LogP contribution in [0.3, 0.4) is 0 Å². The van der Waals surface area contributed by atoms with Gasteiger partial charge in [-0.05, 0) is 24.3 Å². The molecule has 2 heteroatoms. The molecule has 1 aliphatic rings. The van der Waals surface area contributed by atoms with Crippen LogP contribution in [-0.2, 0) is 9.53 Å². The van der Waals surface area contributed by atoms with Gasteiger partial charge in [-0.2, -0.15) is 0 Å². The van der Waals surface area contributed by atoms with Gasteiger partial charge < -0.3 is 4.74 Å². The first-order valence-electron chi connectivity index (χ1n) is 5.76. The fraction of sp³-hybridized carbons (Fsp3) is 0.500. The van der Waals surface area contributed by atoms with Crippen molar-refractivity contribution >= 4 is 5.97 Å². The molecule has 0 heterocycles. The quantitative estimate of drug-likeness (QED) is 0.727. The number of carbonyl (C=O) groups is 1. The van der Waals surface area contributed by atoms with Gasteiger partial charge in [0.1, 0.15) is 6.10 Å². The number of benzene rings is 1. The number of carbonyl (C=O) groups excluding carboxylic acids is 1.